The smallest absolute Gasteiger partial charge is 0.297 e. The van der Waals surface area contributed by atoms with Gasteiger partial charge in [0.2, 0.25) is 0 Å². The molecule has 0 fully saturated rings. The molecule has 1 aromatic rings. The molecule has 0 saturated carbocycles. The molecule has 1 atom stereocenters. The van der Waals surface area contributed by atoms with E-state index in [-0.39, 0.29) is 10.7 Å². The third-order valence-electron chi connectivity index (χ3n) is 3.14. The highest BCUT2D eigenvalue weighted by atomic mass is 32.1. The number of thiazole rings is 1. The minimum absolute atomic E-state index is 0.0420. The minimum atomic E-state index is -4.50. The van der Waals surface area contributed by atoms with Gasteiger partial charge >= 0.3 is 6.18 Å². The van der Waals surface area contributed by atoms with Gasteiger partial charge in [-0.1, -0.05) is 6.92 Å². The van der Waals surface area contributed by atoms with Crippen LogP contribution in [0.5, 0.6) is 0 Å². The van der Waals surface area contributed by atoms with Crippen LogP contribution >= 0.6 is 11.3 Å². The molecule has 7 heteroatoms. The molecule has 102 valence electrons. The first kappa shape index (κ1) is 15.1. The average Bonchev–Trinajstić information content (AvgIpc) is 2.75. The molecule has 0 saturated heterocycles. The maximum atomic E-state index is 12.4. The Morgan fingerprint density at radius 1 is 1.44 bits per heavy atom. The zero-order valence-electron chi connectivity index (χ0n) is 10.6. The van der Waals surface area contributed by atoms with E-state index < -0.39 is 16.7 Å². The lowest BCUT2D eigenvalue weighted by Gasteiger charge is -2.33. The number of carbonyl (C=O) groups excluding carboxylic acids is 1. The molecule has 0 aliphatic heterocycles. The van der Waals surface area contributed by atoms with Gasteiger partial charge in [0.25, 0.3) is 0 Å². The van der Waals surface area contributed by atoms with E-state index in [0.717, 1.165) is 6.20 Å². The molecular weight excluding hydrogens is 265 g/mol. The third kappa shape index (κ3) is 2.72. The van der Waals surface area contributed by atoms with Gasteiger partial charge in [-0.15, -0.1) is 11.3 Å². The van der Waals surface area contributed by atoms with Crippen LogP contribution in [-0.4, -0.2) is 35.3 Å². The Morgan fingerprint density at radius 2 is 2.00 bits per heavy atom. The van der Waals surface area contributed by atoms with E-state index in [1.165, 1.54) is 0 Å². The highest BCUT2D eigenvalue weighted by Crippen LogP contribution is 2.34. The Morgan fingerprint density at radius 3 is 2.33 bits per heavy atom. The summed E-state index contributed by atoms with van der Waals surface area (Å²) in [5.74, 6) is -0.331. The molecular formula is C11H15F3N2OS. The molecule has 0 aliphatic rings. The van der Waals surface area contributed by atoms with Crippen molar-refractivity contribution >= 4 is 17.1 Å². The van der Waals surface area contributed by atoms with Gasteiger partial charge in [-0.25, -0.2) is 4.98 Å². The number of hydrogen-bond donors (Lipinski definition) is 0. The number of ketones is 1. The van der Waals surface area contributed by atoms with Crippen molar-refractivity contribution in [2.75, 3.05) is 14.1 Å². The number of likely N-dealkylation sites (N-methyl/N-ethyl adjacent to an activating group) is 1. The summed E-state index contributed by atoms with van der Waals surface area (Å²) < 4.78 is 37.3. The lowest BCUT2D eigenvalue weighted by atomic mass is 9.91. The second kappa shape index (κ2) is 4.97. The van der Waals surface area contributed by atoms with Crippen LogP contribution in [0.25, 0.3) is 0 Å². The van der Waals surface area contributed by atoms with Crippen molar-refractivity contribution in [2.24, 2.45) is 0 Å². The molecule has 1 heterocycles. The highest BCUT2D eigenvalue weighted by Gasteiger charge is 2.39. The summed E-state index contributed by atoms with van der Waals surface area (Å²) in [4.78, 5) is 17.3. The lowest BCUT2D eigenvalue weighted by Crippen LogP contribution is -2.47. The second-order valence-corrected chi connectivity index (χ2v) is 5.41. The SMILES string of the molecule is CCC(C)(C(=O)c1cnc(C(F)(F)F)s1)N(C)C. The highest BCUT2D eigenvalue weighted by molar-refractivity contribution is 7.13. The standard InChI is InChI=1S/C11H15F3N2OS/c1-5-10(2,16(3)4)8(17)7-6-15-9(18-7)11(12,13)14/h6H,5H2,1-4H3. The Hall–Kier alpha value is -0.950. The van der Waals surface area contributed by atoms with Gasteiger partial charge in [-0.3, -0.25) is 9.69 Å². The normalized spacial score (nSPS) is 15.8. The quantitative estimate of drug-likeness (QED) is 0.795. The number of halogens is 3. The van der Waals surface area contributed by atoms with Crippen LogP contribution < -0.4 is 0 Å². The van der Waals surface area contributed by atoms with Gasteiger partial charge in [-0.2, -0.15) is 13.2 Å². The number of carbonyl (C=O) groups is 1. The fourth-order valence-electron chi connectivity index (χ4n) is 1.46. The number of hydrogen-bond acceptors (Lipinski definition) is 4. The van der Waals surface area contributed by atoms with E-state index in [9.17, 15) is 18.0 Å². The van der Waals surface area contributed by atoms with Crippen molar-refractivity contribution in [1.29, 1.82) is 0 Å². The Balaban J connectivity index is 3.08. The number of Topliss-reactive ketones (excluding diaryl/α,β-unsaturated/α-hetero) is 1. The van der Waals surface area contributed by atoms with Crippen LogP contribution in [-0.2, 0) is 6.18 Å². The second-order valence-electron chi connectivity index (χ2n) is 4.38. The number of rotatable bonds is 4. The summed E-state index contributed by atoms with van der Waals surface area (Å²) in [5, 5.41) is -0.983. The fourth-order valence-corrected chi connectivity index (χ4v) is 2.30. The van der Waals surface area contributed by atoms with Gasteiger partial charge in [0.05, 0.1) is 10.4 Å². The first-order valence-corrected chi connectivity index (χ1v) is 6.19. The van der Waals surface area contributed by atoms with E-state index in [2.05, 4.69) is 4.98 Å². The van der Waals surface area contributed by atoms with Crippen molar-refractivity contribution < 1.29 is 18.0 Å². The van der Waals surface area contributed by atoms with E-state index in [1.807, 2.05) is 6.92 Å². The van der Waals surface area contributed by atoms with E-state index in [0.29, 0.717) is 17.8 Å². The summed E-state index contributed by atoms with van der Waals surface area (Å²) in [6.07, 6.45) is -2.98. The van der Waals surface area contributed by atoms with Crippen molar-refractivity contribution in [1.82, 2.24) is 9.88 Å². The fraction of sp³-hybridized carbons (Fsp3) is 0.636. The van der Waals surface area contributed by atoms with Gasteiger partial charge in [-0.05, 0) is 27.4 Å². The lowest BCUT2D eigenvalue weighted by molar-refractivity contribution is -0.137. The first-order valence-electron chi connectivity index (χ1n) is 5.38. The zero-order valence-corrected chi connectivity index (χ0v) is 11.4. The molecule has 0 spiro atoms. The number of aromatic nitrogens is 1. The zero-order chi connectivity index (χ0) is 14.1. The first-order chi connectivity index (χ1) is 8.13. The summed E-state index contributed by atoms with van der Waals surface area (Å²) in [6.45, 7) is 3.53. The van der Waals surface area contributed by atoms with E-state index >= 15 is 0 Å². The van der Waals surface area contributed by atoms with Crippen molar-refractivity contribution in [3.05, 3.63) is 16.1 Å². The van der Waals surface area contributed by atoms with Crippen LogP contribution in [0.3, 0.4) is 0 Å². The van der Waals surface area contributed by atoms with Gasteiger partial charge in [0.1, 0.15) is 0 Å². The van der Waals surface area contributed by atoms with Crippen LogP contribution in [0.1, 0.15) is 34.9 Å². The number of alkyl halides is 3. The van der Waals surface area contributed by atoms with E-state index in [4.69, 9.17) is 0 Å². The molecule has 1 aromatic heterocycles. The van der Waals surface area contributed by atoms with Crippen LogP contribution in [0, 0.1) is 0 Å². The van der Waals surface area contributed by atoms with Gasteiger partial charge < -0.3 is 0 Å². The number of nitrogens with zero attached hydrogens (tertiary/aromatic N) is 2. The molecule has 3 nitrogen and oxygen atoms in total. The van der Waals surface area contributed by atoms with Crippen molar-refractivity contribution in [3.63, 3.8) is 0 Å². The topological polar surface area (TPSA) is 33.2 Å². The molecule has 18 heavy (non-hydrogen) atoms. The molecule has 1 unspecified atom stereocenters. The van der Waals surface area contributed by atoms with Crippen molar-refractivity contribution in [3.8, 4) is 0 Å². The molecule has 0 radical (unpaired) electrons. The monoisotopic (exact) mass is 280 g/mol. The van der Waals surface area contributed by atoms with Gasteiger partial charge in [0.15, 0.2) is 10.8 Å². The summed E-state index contributed by atoms with van der Waals surface area (Å²) in [5.41, 5.74) is -0.810. The Bertz CT molecular complexity index is 442. The predicted octanol–water partition coefficient (Wildman–Crippen LogP) is 3.07. The summed E-state index contributed by atoms with van der Waals surface area (Å²) >= 11 is 0.395. The van der Waals surface area contributed by atoms with Crippen LogP contribution in [0.4, 0.5) is 13.2 Å². The molecule has 0 aromatic carbocycles. The largest absolute Gasteiger partial charge is 0.443 e. The van der Waals surface area contributed by atoms with Gasteiger partial charge in [0, 0.05) is 6.20 Å². The molecule has 0 N–H and O–H groups in total. The Kier molecular flexibility index (Phi) is 4.17. The average molecular weight is 280 g/mol. The minimum Gasteiger partial charge on any atom is -0.297 e. The van der Waals surface area contributed by atoms with Crippen LogP contribution in [0.15, 0.2) is 6.20 Å². The maximum Gasteiger partial charge on any atom is 0.443 e. The molecule has 1 rings (SSSR count). The Labute approximate surface area is 108 Å². The van der Waals surface area contributed by atoms with E-state index in [1.54, 1.807) is 25.9 Å². The molecule has 0 aliphatic carbocycles. The molecule has 0 amide bonds. The third-order valence-corrected chi connectivity index (χ3v) is 4.18. The summed E-state index contributed by atoms with van der Waals surface area (Å²) in [7, 11) is 3.46. The summed E-state index contributed by atoms with van der Waals surface area (Å²) in [6, 6.07) is 0. The maximum absolute atomic E-state index is 12.4. The van der Waals surface area contributed by atoms with Crippen LogP contribution in [0.2, 0.25) is 0 Å². The van der Waals surface area contributed by atoms with Crippen molar-refractivity contribution in [2.45, 2.75) is 32.0 Å². The predicted molar refractivity (Wildman–Crippen MR) is 63.8 cm³/mol. The molecule has 0 bridgehead atoms.